The Morgan fingerprint density at radius 3 is 2.61 bits per heavy atom. The number of nitrogens with one attached hydrogen (secondary N) is 1. The minimum absolute atomic E-state index is 0.0109. The number of likely N-dealkylation sites (tertiary alicyclic amines) is 1. The molecule has 0 saturated carbocycles. The Morgan fingerprint density at radius 1 is 1.11 bits per heavy atom. The maximum atomic E-state index is 13.6. The van der Waals surface area contributed by atoms with E-state index in [-0.39, 0.29) is 23.8 Å². The van der Waals surface area contributed by atoms with Gasteiger partial charge < -0.3 is 19.5 Å². The van der Waals surface area contributed by atoms with Crippen molar-refractivity contribution in [3.63, 3.8) is 0 Å². The Hall–Kier alpha value is -4.14. The van der Waals surface area contributed by atoms with Gasteiger partial charge in [-0.3, -0.25) is 14.3 Å². The molecule has 2 aromatic heterocycles. The van der Waals surface area contributed by atoms with E-state index in [2.05, 4.69) is 27.5 Å². The molecule has 1 N–H and O–H groups in total. The fraction of sp³-hybridized carbons (Fsp3) is 0.333. The van der Waals surface area contributed by atoms with Crippen LogP contribution >= 0.6 is 0 Å². The van der Waals surface area contributed by atoms with E-state index >= 15 is 0 Å². The van der Waals surface area contributed by atoms with Crippen LogP contribution in [-0.2, 0) is 14.1 Å². The number of fused-ring (bicyclic) bond motifs is 1. The lowest BCUT2D eigenvalue weighted by Gasteiger charge is -2.39. The number of aryl methyl sites for hydroxylation is 3. The number of aromatic nitrogens is 4. The van der Waals surface area contributed by atoms with Crippen molar-refractivity contribution in [2.24, 2.45) is 14.1 Å². The van der Waals surface area contributed by atoms with Crippen LogP contribution in [0.2, 0.25) is 0 Å². The van der Waals surface area contributed by atoms with Crippen molar-refractivity contribution < 1.29 is 14.3 Å². The zero-order chi connectivity index (χ0) is 25.4. The summed E-state index contributed by atoms with van der Waals surface area (Å²) in [6.45, 7) is 3.03. The summed E-state index contributed by atoms with van der Waals surface area (Å²) in [6.07, 6.45) is 2.41. The normalized spacial score (nSPS) is 17.8. The monoisotopic (exact) mass is 486 g/mol. The number of methoxy groups -OCH3 is 1. The van der Waals surface area contributed by atoms with E-state index < -0.39 is 0 Å². The molecule has 0 radical (unpaired) electrons. The van der Waals surface area contributed by atoms with Gasteiger partial charge in [-0.15, -0.1) is 5.10 Å². The van der Waals surface area contributed by atoms with Gasteiger partial charge in [0.15, 0.2) is 0 Å². The van der Waals surface area contributed by atoms with Crippen molar-refractivity contribution in [2.45, 2.75) is 25.3 Å². The van der Waals surface area contributed by atoms with Crippen molar-refractivity contribution in [1.82, 2.24) is 29.5 Å². The maximum Gasteiger partial charge on any atom is 0.269 e. The molecule has 186 valence electrons. The predicted octanol–water partition coefficient (Wildman–Crippen LogP) is 3.05. The molecule has 1 fully saturated rings. The average Bonchev–Trinajstić information content (AvgIpc) is 3.46. The Morgan fingerprint density at radius 2 is 1.89 bits per heavy atom. The second-order valence-electron chi connectivity index (χ2n) is 9.35. The van der Waals surface area contributed by atoms with Crippen LogP contribution in [-0.4, -0.2) is 62.3 Å². The molecule has 5 rings (SSSR count). The van der Waals surface area contributed by atoms with Crippen LogP contribution in [0.25, 0.3) is 11.0 Å². The highest BCUT2D eigenvalue weighted by Gasteiger charge is 2.34. The standard InChI is InChI=1S/C27H30N6O3/c1-17-12-19(13-22-25(17)28-16-31(22)2)27(35)33-11-10-21(20(15-33)18-8-6-5-7-9-18)29-26(34)23-14-24(36-4)30-32(23)3/h5-9,12-14,16,20-21H,10-11,15H2,1-4H3,(H,29,34)/t20-,21-/m1/s1. The molecule has 0 unspecified atom stereocenters. The number of hydrogen-bond donors (Lipinski definition) is 1. The second kappa shape index (κ2) is 9.49. The van der Waals surface area contributed by atoms with E-state index in [0.29, 0.717) is 36.6 Å². The molecule has 2 atom stereocenters. The van der Waals surface area contributed by atoms with Gasteiger partial charge in [-0.1, -0.05) is 30.3 Å². The first-order valence-corrected chi connectivity index (χ1v) is 12.0. The molecular formula is C27H30N6O3. The number of imidazole rings is 1. The summed E-state index contributed by atoms with van der Waals surface area (Å²) in [4.78, 5) is 33.1. The number of nitrogens with zero attached hydrogens (tertiary/aromatic N) is 5. The van der Waals surface area contributed by atoms with Crippen molar-refractivity contribution in [3.8, 4) is 5.88 Å². The molecule has 2 amide bonds. The van der Waals surface area contributed by atoms with E-state index in [1.165, 1.54) is 11.8 Å². The Bertz CT molecular complexity index is 1420. The molecule has 0 aliphatic carbocycles. The van der Waals surface area contributed by atoms with Gasteiger partial charge in [0.25, 0.3) is 11.8 Å². The van der Waals surface area contributed by atoms with Crippen LogP contribution in [0.3, 0.4) is 0 Å². The number of piperidine rings is 1. The van der Waals surface area contributed by atoms with Crippen LogP contribution in [0.4, 0.5) is 0 Å². The summed E-state index contributed by atoms with van der Waals surface area (Å²) in [7, 11) is 5.17. The lowest BCUT2D eigenvalue weighted by Crippen LogP contribution is -2.51. The number of ether oxygens (including phenoxy) is 1. The summed E-state index contributed by atoms with van der Waals surface area (Å²) < 4.78 is 8.61. The largest absolute Gasteiger partial charge is 0.480 e. The smallest absolute Gasteiger partial charge is 0.269 e. The first-order valence-electron chi connectivity index (χ1n) is 12.0. The molecule has 1 aliphatic heterocycles. The second-order valence-corrected chi connectivity index (χ2v) is 9.35. The Labute approximate surface area is 209 Å². The molecule has 1 aliphatic rings. The van der Waals surface area contributed by atoms with Gasteiger partial charge in [-0.05, 0) is 36.6 Å². The van der Waals surface area contributed by atoms with Crippen LogP contribution in [0, 0.1) is 6.92 Å². The molecule has 3 heterocycles. The highest BCUT2D eigenvalue weighted by atomic mass is 16.5. The summed E-state index contributed by atoms with van der Waals surface area (Å²) >= 11 is 0. The van der Waals surface area contributed by atoms with Crippen molar-refractivity contribution in [2.75, 3.05) is 20.2 Å². The van der Waals surface area contributed by atoms with Gasteiger partial charge >= 0.3 is 0 Å². The van der Waals surface area contributed by atoms with E-state index in [1.54, 1.807) is 19.4 Å². The number of amides is 2. The third-order valence-corrected chi connectivity index (χ3v) is 7.01. The maximum absolute atomic E-state index is 13.6. The molecule has 0 spiro atoms. The fourth-order valence-electron chi connectivity index (χ4n) is 5.05. The molecule has 36 heavy (non-hydrogen) atoms. The van der Waals surface area contributed by atoms with Crippen LogP contribution < -0.4 is 10.1 Å². The number of benzene rings is 2. The summed E-state index contributed by atoms with van der Waals surface area (Å²) in [5.74, 6) is 0.118. The van der Waals surface area contributed by atoms with Gasteiger partial charge in [0.05, 0.1) is 24.5 Å². The number of rotatable bonds is 5. The quantitative estimate of drug-likeness (QED) is 0.468. The fourth-order valence-corrected chi connectivity index (χ4v) is 5.05. The first kappa shape index (κ1) is 23.6. The van der Waals surface area contributed by atoms with E-state index in [0.717, 1.165) is 22.2 Å². The molecular weight excluding hydrogens is 456 g/mol. The third-order valence-electron chi connectivity index (χ3n) is 7.01. The molecule has 0 bridgehead atoms. The van der Waals surface area contributed by atoms with Gasteiger partial charge in [0, 0.05) is 50.8 Å². The van der Waals surface area contributed by atoms with Gasteiger partial charge in [-0.2, -0.15) is 0 Å². The SMILES string of the molecule is COc1cc(C(=O)N[C@@H]2CCN(C(=O)c3cc(C)c4ncn(C)c4c3)C[C@@H]2c2ccccc2)n(C)n1. The highest BCUT2D eigenvalue weighted by Crippen LogP contribution is 2.30. The predicted molar refractivity (Wildman–Crippen MR) is 136 cm³/mol. The summed E-state index contributed by atoms with van der Waals surface area (Å²) in [5, 5.41) is 7.39. The summed E-state index contributed by atoms with van der Waals surface area (Å²) in [6, 6.07) is 15.4. The third kappa shape index (κ3) is 4.32. The molecule has 9 heteroatoms. The van der Waals surface area contributed by atoms with Gasteiger partial charge in [0.2, 0.25) is 5.88 Å². The lowest BCUT2D eigenvalue weighted by atomic mass is 9.85. The van der Waals surface area contributed by atoms with Crippen molar-refractivity contribution in [1.29, 1.82) is 0 Å². The molecule has 2 aromatic carbocycles. The highest BCUT2D eigenvalue weighted by molar-refractivity contribution is 5.98. The minimum Gasteiger partial charge on any atom is -0.480 e. The minimum atomic E-state index is -0.212. The van der Waals surface area contributed by atoms with Gasteiger partial charge in [0.1, 0.15) is 5.69 Å². The summed E-state index contributed by atoms with van der Waals surface area (Å²) in [5.41, 5.74) is 4.99. The average molecular weight is 487 g/mol. The van der Waals surface area contributed by atoms with E-state index in [4.69, 9.17) is 4.74 Å². The molecule has 4 aromatic rings. The molecule has 9 nitrogen and oxygen atoms in total. The number of carbonyl (C=O) groups is 2. The lowest BCUT2D eigenvalue weighted by molar-refractivity contribution is 0.0671. The number of carbonyl (C=O) groups excluding carboxylic acids is 2. The van der Waals surface area contributed by atoms with Crippen LogP contribution in [0.5, 0.6) is 5.88 Å². The Kier molecular flexibility index (Phi) is 6.22. The zero-order valence-corrected chi connectivity index (χ0v) is 20.9. The van der Waals surface area contributed by atoms with Crippen LogP contribution in [0.1, 0.15) is 44.3 Å². The van der Waals surface area contributed by atoms with Crippen LogP contribution in [0.15, 0.2) is 54.9 Å². The molecule has 1 saturated heterocycles. The van der Waals surface area contributed by atoms with Gasteiger partial charge in [-0.25, -0.2) is 4.98 Å². The topological polar surface area (TPSA) is 94.3 Å². The zero-order valence-electron chi connectivity index (χ0n) is 20.9. The van der Waals surface area contributed by atoms with E-state index in [9.17, 15) is 9.59 Å². The first-order chi connectivity index (χ1) is 17.4. The van der Waals surface area contributed by atoms with Crippen molar-refractivity contribution in [3.05, 3.63) is 77.2 Å². The van der Waals surface area contributed by atoms with E-state index in [1.807, 2.05) is 53.8 Å². The van der Waals surface area contributed by atoms with Crippen molar-refractivity contribution >= 4 is 22.8 Å². The Balaban J connectivity index is 1.40. The number of hydrogen-bond acceptors (Lipinski definition) is 5.